The summed E-state index contributed by atoms with van der Waals surface area (Å²) in [4.78, 5) is 12.0. The lowest BCUT2D eigenvalue weighted by Gasteiger charge is -2.19. The highest BCUT2D eigenvalue weighted by Gasteiger charge is 2.14. The van der Waals surface area contributed by atoms with Crippen LogP contribution >= 0.6 is 34.8 Å². The highest BCUT2D eigenvalue weighted by Crippen LogP contribution is 2.33. The monoisotopic (exact) mass is 385 g/mol. The first kappa shape index (κ1) is 18.9. The summed E-state index contributed by atoms with van der Waals surface area (Å²) in [6.07, 6.45) is 0. The molecule has 0 saturated heterocycles. The maximum Gasteiger partial charge on any atom is 0.262 e. The number of nitrogens with one attached hydrogen (secondary N) is 1. The van der Waals surface area contributed by atoms with E-state index in [9.17, 15) is 4.79 Å². The zero-order valence-electron chi connectivity index (χ0n) is 13.6. The summed E-state index contributed by atoms with van der Waals surface area (Å²) in [6.45, 7) is 6.26. The van der Waals surface area contributed by atoms with Gasteiger partial charge in [0.2, 0.25) is 0 Å². The van der Waals surface area contributed by atoms with Crippen LogP contribution in [0, 0.1) is 0 Å². The van der Waals surface area contributed by atoms with Crippen molar-refractivity contribution in [3.05, 3.63) is 57.0 Å². The molecule has 0 aromatic heterocycles. The lowest BCUT2D eigenvalue weighted by molar-refractivity contribution is -0.118. The molecule has 0 atom stereocenters. The van der Waals surface area contributed by atoms with Gasteiger partial charge in [-0.1, -0.05) is 67.7 Å². The van der Waals surface area contributed by atoms with Gasteiger partial charge in [-0.3, -0.25) is 4.79 Å². The largest absolute Gasteiger partial charge is 0.484 e. The quantitative estimate of drug-likeness (QED) is 0.704. The minimum atomic E-state index is -0.360. The van der Waals surface area contributed by atoms with Crippen LogP contribution < -0.4 is 10.1 Å². The van der Waals surface area contributed by atoms with Gasteiger partial charge in [-0.25, -0.2) is 0 Å². The van der Waals surface area contributed by atoms with Gasteiger partial charge < -0.3 is 10.1 Å². The minimum absolute atomic E-state index is 0.0674. The van der Waals surface area contributed by atoms with Crippen LogP contribution in [0.1, 0.15) is 26.3 Å². The van der Waals surface area contributed by atoms with Gasteiger partial charge in [-0.15, -0.1) is 0 Å². The number of hydrogen-bond donors (Lipinski definition) is 1. The molecule has 0 bridgehead atoms. The third-order valence-corrected chi connectivity index (χ3v) is 4.18. The van der Waals surface area contributed by atoms with Gasteiger partial charge in [-0.05, 0) is 35.2 Å². The zero-order valence-corrected chi connectivity index (χ0v) is 15.9. The Kier molecular flexibility index (Phi) is 6.02. The molecule has 1 N–H and O–H groups in total. The smallest absolute Gasteiger partial charge is 0.262 e. The van der Waals surface area contributed by atoms with E-state index in [1.165, 1.54) is 17.7 Å². The molecule has 0 radical (unpaired) electrons. The van der Waals surface area contributed by atoms with Crippen molar-refractivity contribution in [3.8, 4) is 5.75 Å². The Bertz CT molecular complexity index is 714. The van der Waals surface area contributed by atoms with E-state index in [0.717, 1.165) is 0 Å². The summed E-state index contributed by atoms with van der Waals surface area (Å²) >= 11 is 17.9. The van der Waals surface area contributed by atoms with Crippen molar-refractivity contribution in [2.24, 2.45) is 0 Å². The number of hydrogen-bond acceptors (Lipinski definition) is 2. The zero-order chi connectivity index (χ0) is 17.9. The maximum atomic E-state index is 12.0. The van der Waals surface area contributed by atoms with E-state index >= 15 is 0 Å². The number of carbonyl (C=O) groups excluding carboxylic acids is 1. The number of carbonyl (C=O) groups is 1. The molecule has 0 spiro atoms. The third kappa shape index (κ3) is 5.04. The summed E-state index contributed by atoms with van der Waals surface area (Å²) in [5.41, 5.74) is 1.58. The number of amides is 1. The molecular weight excluding hydrogens is 369 g/mol. The van der Waals surface area contributed by atoms with Gasteiger partial charge in [-0.2, -0.15) is 0 Å². The molecule has 0 unspecified atom stereocenters. The van der Waals surface area contributed by atoms with E-state index < -0.39 is 0 Å². The summed E-state index contributed by atoms with van der Waals surface area (Å²) in [6, 6.07) is 10.7. The Morgan fingerprint density at radius 3 is 2.08 bits per heavy atom. The lowest BCUT2D eigenvalue weighted by Crippen LogP contribution is -2.20. The molecule has 0 saturated carbocycles. The first-order chi connectivity index (χ1) is 11.2. The second kappa shape index (κ2) is 7.64. The maximum absolute atomic E-state index is 12.0. The van der Waals surface area contributed by atoms with Crippen molar-refractivity contribution in [1.82, 2.24) is 0 Å². The standard InChI is InChI=1S/C18H18Cl3NO2/c1-18(2,3)11-4-6-13(7-5-11)24-10-16(23)22-17-14(20)8-12(19)9-15(17)21/h4-9H,10H2,1-3H3,(H,22,23). The van der Waals surface area contributed by atoms with Crippen molar-refractivity contribution in [1.29, 1.82) is 0 Å². The fourth-order valence-electron chi connectivity index (χ4n) is 2.04. The number of anilines is 1. The van der Waals surface area contributed by atoms with Gasteiger partial charge in [0.1, 0.15) is 5.75 Å². The summed E-state index contributed by atoms with van der Waals surface area (Å²) in [7, 11) is 0. The van der Waals surface area contributed by atoms with E-state index in [2.05, 4.69) is 26.1 Å². The minimum Gasteiger partial charge on any atom is -0.484 e. The summed E-state index contributed by atoms with van der Waals surface area (Å²) in [5.74, 6) is 0.257. The molecule has 0 fully saturated rings. The molecule has 3 nitrogen and oxygen atoms in total. The predicted octanol–water partition coefficient (Wildman–Crippen LogP) is 5.96. The van der Waals surface area contributed by atoms with Gasteiger partial charge in [0, 0.05) is 5.02 Å². The highest BCUT2D eigenvalue weighted by molar-refractivity contribution is 6.42. The fraction of sp³-hybridized carbons (Fsp3) is 0.278. The first-order valence-corrected chi connectivity index (χ1v) is 8.48. The predicted molar refractivity (Wildman–Crippen MR) is 101 cm³/mol. The van der Waals surface area contributed by atoms with Gasteiger partial charge in [0.15, 0.2) is 6.61 Å². The van der Waals surface area contributed by atoms with E-state index in [-0.39, 0.29) is 28.0 Å². The molecule has 1 amide bonds. The summed E-state index contributed by atoms with van der Waals surface area (Å²) in [5, 5.41) is 3.57. The van der Waals surface area contributed by atoms with Crippen molar-refractivity contribution in [2.75, 3.05) is 11.9 Å². The van der Waals surface area contributed by atoms with Gasteiger partial charge >= 0.3 is 0 Å². The number of benzene rings is 2. The first-order valence-electron chi connectivity index (χ1n) is 7.34. The Labute approximate surface area is 156 Å². The van der Waals surface area contributed by atoms with Crippen molar-refractivity contribution >= 4 is 46.4 Å². The molecule has 0 aliphatic heterocycles. The Hall–Kier alpha value is -1.42. The van der Waals surface area contributed by atoms with Gasteiger partial charge in [0.05, 0.1) is 15.7 Å². The molecule has 0 heterocycles. The normalized spacial score (nSPS) is 11.2. The molecule has 24 heavy (non-hydrogen) atoms. The van der Waals surface area contributed by atoms with Crippen molar-refractivity contribution in [3.63, 3.8) is 0 Å². The highest BCUT2D eigenvalue weighted by atomic mass is 35.5. The average Bonchev–Trinajstić information content (AvgIpc) is 2.48. The number of halogens is 3. The van der Waals surface area contributed by atoms with Crippen LogP contribution in [0.4, 0.5) is 5.69 Å². The molecule has 2 aromatic rings. The van der Waals surface area contributed by atoms with Crippen molar-refractivity contribution in [2.45, 2.75) is 26.2 Å². The van der Waals surface area contributed by atoms with Crippen LogP contribution in [0.25, 0.3) is 0 Å². The number of rotatable bonds is 4. The average molecular weight is 387 g/mol. The fourth-order valence-corrected chi connectivity index (χ4v) is 2.95. The molecule has 6 heteroatoms. The molecule has 2 aromatic carbocycles. The number of ether oxygens (including phenoxy) is 1. The lowest BCUT2D eigenvalue weighted by atomic mass is 9.87. The van der Waals surface area contributed by atoms with Crippen LogP contribution in [0.15, 0.2) is 36.4 Å². The van der Waals surface area contributed by atoms with E-state index in [1.54, 1.807) is 0 Å². The van der Waals surface area contributed by atoms with E-state index in [4.69, 9.17) is 39.5 Å². The molecular formula is C18H18Cl3NO2. The van der Waals surface area contributed by atoms with Crippen LogP contribution in [0.5, 0.6) is 5.75 Å². The van der Waals surface area contributed by atoms with Crippen molar-refractivity contribution < 1.29 is 9.53 Å². The molecule has 0 aliphatic carbocycles. The summed E-state index contributed by atoms with van der Waals surface area (Å²) < 4.78 is 5.49. The SMILES string of the molecule is CC(C)(C)c1ccc(OCC(=O)Nc2c(Cl)cc(Cl)cc2Cl)cc1. The Morgan fingerprint density at radius 1 is 1.04 bits per heavy atom. The van der Waals surface area contributed by atoms with Crippen LogP contribution in [-0.2, 0) is 10.2 Å². The Balaban J connectivity index is 1.97. The molecule has 128 valence electrons. The third-order valence-electron chi connectivity index (χ3n) is 3.36. The second-order valence-corrected chi connectivity index (χ2v) is 7.61. The van der Waals surface area contributed by atoms with E-state index in [1.807, 2.05) is 24.3 Å². The molecule has 2 rings (SSSR count). The van der Waals surface area contributed by atoms with Crippen LogP contribution in [-0.4, -0.2) is 12.5 Å². The Morgan fingerprint density at radius 2 is 1.58 bits per heavy atom. The van der Waals surface area contributed by atoms with Crippen LogP contribution in [0.2, 0.25) is 15.1 Å². The molecule has 0 aliphatic rings. The van der Waals surface area contributed by atoms with Gasteiger partial charge in [0.25, 0.3) is 5.91 Å². The van der Waals surface area contributed by atoms with E-state index in [0.29, 0.717) is 16.5 Å². The second-order valence-electron chi connectivity index (χ2n) is 6.36. The topological polar surface area (TPSA) is 38.3 Å². The van der Waals surface area contributed by atoms with Crippen LogP contribution in [0.3, 0.4) is 0 Å².